The van der Waals surface area contributed by atoms with Gasteiger partial charge in [0.15, 0.2) is 12.2 Å². The normalized spacial score (nSPS) is 21.7. The maximum Gasteiger partial charge on any atom is 0.338 e. The van der Waals surface area contributed by atoms with Crippen molar-refractivity contribution in [3.05, 3.63) is 102 Å². The molecule has 1 saturated heterocycles. The fourth-order valence-electron chi connectivity index (χ4n) is 4.11. The molecule has 1 aliphatic rings. The van der Waals surface area contributed by atoms with Crippen LogP contribution in [0.4, 0.5) is 0 Å². The van der Waals surface area contributed by atoms with Crippen molar-refractivity contribution in [3.8, 4) is 0 Å². The molecule has 226 valence electrons. The van der Waals surface area contributed by atoms with Crippen LogP contribution in [0.3, 0.4) is 0 Å². The smallest absolute Gasteiger partial charge is 0.338 e. The summed E-state index contributed by atoms with van der Waals surface area (Å²) in [7, 11) is 0. The molecule has 1 N–H and O–H groups in total. The zero-order valence-electron chi connectivity index (χ0n) is 22.6. The molecule has 3 aromatic carbocycles. The summed E-state index contributed by atoms with van der Waals surface area (Å²) in [6, 6.07) is 25.4. The number of alkyl halides is 3. The predicted octanol–water partition coefficient (Wildman–Crippen LogP) is 6.25. The quantitative estimate of drug-likeness (QED) is 0.0705. The van der Waals surface area contributed by atoms with E-state index < -0.39 is 58.3 Å². The molecule has 0 spiro atoms. The molecule has 0 saturated carbocycles. The molecule has 0 radical (unpaired) electrons. The van der Waals surface area contributed by atoms with E-state index in [1.165, 1.54) is 43.0 Å². The van der Waals surface area contributed by atoms with Crippen molar-refractivity contribution in [2.75, 3.05) is 5.75 Å². The molecule has 0 unspecified atom stereocenters. The number of nitrogens with one attached hydrogen (secondary N) is 1. The van der Waals surface area contributed by atoms with E-state index in [0.29, 0.717) is 0 Å². The zero-order valence-corrected chi connectivity index (χ0v) is 25.6. The minimum absolute atomic E-state index is 0.164. The van der Waals surface area contributed by atoms with Crippen molar-refractivity contribution < 1.29 is 38.1 Å². The Bertz CT molecular complexity index is 1410. The number of halogens is 3. The Balaban J connectivity index is 1.75. The van der Waals surface area contributed by atoms with Crippen molar-refractivity contribution >= 4 is 70.4 Å². The highest BCUT2D eigenvalue weighted by Gasteiger charge is 2.54. The fourth-order valence-corrected chi connectivity index (χ4v) is 5.22. The van der Waals surface area contributed by atoms with E-state index >= 15 is 0 Å². The fraction of sp³-hybridized carbons (Fsp3) is 0.267. The van der Waals surface area contributed by atoms with Gasteiger partial charge in [-0.15, -0.1) is 11.8 Å². The van der Waals surface area contributed by atoms with E-state index in [0.717, 1.165) is 4.90 Å². The molecule has 0 bridgehead atoms. The van der Waals surface area contributed by atoms with Gasteiger partial charge in [0, 0.05) is 17.6 Å². The number of hydrogen-bond donors (Lipinski definition) is 1. The minimum atomic E-state index is -2.30. The number of carbonyl (C=O) groups is 3. The van der Waals surface area contributed by atoms with Crippen LogP contribution >= 0.6 is 46.6 Å². The van der Waals surface area contributed by atoms with E-state index in [2.05, 4.69) is 0 Å². The summed E-state index contributed by atoms with van der Waals surface area (Å²) in [6.45, 7) is 1.18. The second kappa shape index (κ2) is 14.9. The second-order valence-corrected chi connectivity index (χ2v) is 12.5. The summed E-state index contributed by atoms with van der Waals surface area (Å²) in [6.07, 6.45) is -6.92. The summed E-state index contributed by atoms with van der Waals surface area (Å²) in [4.78, 5) is 39.8. The average molecular weight is 667 g/mol. The summed E-state index contributed by atoms with van der Waals surface area (Å²) in [5.74, 6) is -3.00. The first-order chi connectivity index (χ1) is 20.5. The third-order valence-corrected chi connectivity index (χ3v) is 7.66. The molecule has 0 amide bonds. The lowest BCUT2D eigenvalue weighted by Gasteiger charge is -2.44. The highest BCUT2D eigenvalue weighted by molar-refractivity contribution is 7.99. The molecular formula is C30H26Cl3NO8S. The van der Waals surface area contributed by atoms with Crippen molar-refractivity contribution in [2.45, 2.75) is 46.3 Å². The third kappa shape index (κ3) is 9.11. The lowest BCUT2D eigenvalue weighted by atomic mass is 9.98. The van der Waals surface area contributed by atoms with Crippen LogP contribution in [0.1, 0.15) is 27.6 Å². The maximum absolute atomic E-state index is 13.3. The summed E-state index contributed by atoms with van der Waals surface area (Å²) < 4.78 is 26.8. The lowest BCUT2D eigenvalue weighted by Crippen LogP contribution is -2.63. The maximum atomic E-state index is 13.3. The van der Waals surface area contributed by atoms with Crippen LogP contribution in [0.15, 0.2) is 95.9 Å². The number of ether oxygens (including phenoxy) is 5. The average Bonchev–Trinajstić information content (AvgIpc) is 2.99. The molecular weight excluding hydrogens is 641 g/mol. The molecule has 9 nitrogen and oxygen atoms in total. The molecule has 5 atom stereocenters. The summed E-state index contributed by atoms with van der Waals surface area (Å²) >= 11 is 19.0. The van der Waals surface area contributed by atoms with Gasteiger partial charge in [0.1, 0.15) is 6.10 Å². The Morgan fingerprint density at radius 3 is 1.72 bits per heavy atom. The largest absolute Gasteiger partial charge is 0.456 e. The van der Waals surface area contributed by atoms with Crippen LogP contribution in [-0.2, 0) is 28.5 Å². The van der Waals surface area contributed by atoms with Gasteiger partial charge in [-0.1, -0.05) is 89.4 Å². The van der Waals surface area contributed by atoms with E-state index in [-0.39, 0.29) is 16.9 Å². The first-order valence-electron chi connectivity index (χ1n) is 12.9. The van der Waals surface area contributed by atoms with Gasteiger partial charge in [-0.25, -0.2) is 9.59 Å². The summed E-state index contributed by atoms with van der Waals surface area (Å²) in [5.41, 5.74) is 0.349. The standard InChI is InChI=1S/C30H26Cl3NO8S/c1-18(35)38-23-22(17-43-21-15-9-4-10-16-21)39-28(42-29(34)30(31,32)33)25(41-27(37)20-13-7-3-8-14-20)24(23)40-26(36)19-11-5-2-6-12-19/h2-16,22-25,28,34H,17H2,1H3/t22-,23-,24+,25-,28+/m1/s1. The molecule has 1 fully saturated rings. The van der Waals surface area contributed by atoms with Crippen LogP contribution in [-0.4, -0.2) is 64.1 Å². The Morgan fingerprint density at radius 1 is 0.744 bits per heavy atom. The first kappa shape index (κ1) is 32.6. The van der Waals surface area contributed by atoms with E-state index in [1.807, 2.05) is 30.3 Å². The Hall–Kier alpha value is -3.28. The van der Waals surface area contributed by atoms with Crippen LogP contribution in [0.25, 0.3) is 0 Å². The molecule has 1 aliphatic heterocycles. The number of carbonyl (C=O) groups excluding carboxylic acids is 3. The van der Waals surface area contributed by atoms with Gasteiger partial charge in [-0.3, -0.25) is 10.2 Å². The Kier molecular flexibility index (Phi) is 11.3. The SMILES string of the molecule is CC(=O)O[C@H]1[C@H](OC(=O)c2ccccc2)[C@@H](OC(=O)c2ccccc2)[C@H](OC(=N)C(Cl)(Cl)Cl)O[C@@H]1CSc1ccccc1. The van der Waals surface area contributed by atoms with Gasteiger partial charge in [0.05, 0.1) is 11.1 Å². The van der Waals surface area contributed by atoms with Gasteiger partial charge in [-0.2, -0.15) is 0 Å². The molecule has 13 heteroatoms. The zero-order chi connectivity index (χ0) is 31.0. The van der Waals surface area contributed by atoms with Gasteiger partial charge < -0.3 is 23.7 Å². The van der Waals surface area contributed by atoms with Crippen molar-refractivity contribution in [3.63, 3.8) is 0 Å². The number of benzene rings is 3. The predicted molar refractivity (Wildman–Crippen MR) is 162 cm³/mol. The molecule has 4 rings (SSSR count). The summed E-state index contributed by atoms with van der Waals surface area (Å²) in [5, 5.41) is 8.18. The molecule has 3 aromatic rings. The lowest BCUT2D eigenvalue weighted by molar-refractivity contribution is -0.274. The number of esters is 3. The molecule has 1 heterocycles. The van der Waals surface area contributed by atoms with Crippen molar-refractivity contribution in [1.29, 1.82) is 5.41 Å². The van der Waals surface area contributed by atoms with Gasteiger partial charge in [0.25, 0.3) is 3.79 Å². The number of hydrogen-bond acceptors (Lipinski definition) is 10. The van der Waals surface area contributed by atoms with E-state index in [4.69, 9.17) is 63.9 Å². The Labute approximate surface area is 267 Å². The topological polar surface area (TPSA) is 121 Å². The number of thioether (sulfide) groups is 1. The number of rotatable bonds is 9. The monoisotopic (exact) mass is 665 g/mol. The van der Waals surface area contributed by atoms with E-state index in [1.54, 1.807) is 36.4 Å². The minimum Gasteiger partial charge on any atom is -0.456 e. The molecule has 43 heavy (non-hydrogen) atoms. The molecule has 0 aromatic heterocycles. The van der Waals surface area contributed by atoms with Crippen LogP contribution in [0.2, 0.25) is 0 Å². The van der Waals surface area contributed by atoms with E-state index in [9.17, 15) is 14.4 Å². The van der Waals surface area contributed by atoms with Gasteiger partial charge in [-0.05, 0) is 36.4 Å². The molecule has 0 aliphatic carbocycles. The first-order valence-corrected chi connectivity index (χ1v) is 15.0. The third-order valence-electron chi connectivity index (χ3n) is 6.05. The van der Waals surface area contributed by atoms with Crippen molar-refractivity contribution in [1.82, 2.24) is 0 Å². The Morgan fingerprint density at radius 2 is 1.23 bits per heavy atom. The van der Waals surface area contributed by atoms with Crippen LogP contribution in [0.5, 0.6) is 0 Å². The highest BCUT2D eigenvalue weighted by atomic mass is 35.6. The van der Waals surface area contributed by atoms with Crippen LogP contribution < -0.4 is 0 Å². The van der Waals surface area contributed by atoms with Crippen molar-refractivity contribution in [2.24, 2.45) is 0 Å². The van der Waals surface area contributed by atoms with Gasteiger partial charge in [0.2, 0.25) is 18.3 Å². The highest BCUT2D eigenvalue weighted by Crippen LogP contribution is 2.36. The second-order valence-electron chi connectivity index (χ2n) is 9.16. The van der Waals surface area contributed by atoms with Gasteiger partial charge >= 0.3 is 17.9 Å². The van der Waals surface area contributed by atoms with Crippen LogP contribution in [0, 0.1) is 5.41 Å².